The van der Waals surface area contributed by atoms with Gasteiger partial charge in [-0.15, -0.1) is 0 Å². The molecule has 0 aliphatic heterocycles. The molecule has 18 heavy (non-hydrogen) atoms. The quantitative estimate of drug-likeness (QED) is 0.869. The third kappa shape index (κ3) is 1.81. The molecule has 0 aliphatic carbocycles. The molecule has 0 spiro atoms. The van der Waals surface area contributed by atoms with Gasteiger partial charge in [-0.05, 0) is 20.8 Å². The van der Waals surface area contributed by atoms with Gasteiger partial charge in [-0.1, -0.05) is 5.16 Å². The summed E-state index contributed by atoms with van der Waals surface area (Å²) in [6.07, 6.45) is 1.30. The van der Waals surface area contributed by atoms with E-state index in [4.69, 9.17) is 9.63 Å². The highest BCUT2D eigenvalue weighted by atomic mass is 16.5. The number of aryl methyl sites for hydroxylation is 3. The molecule has 2 rings (SSSR count). The van der Waals surface area contributed by atoms with Crippen molar-refractivity contribution in [2.75, 3.05) is 0 Å². The summed E-state index contributed by atoms with van der Waals surface area (Å²) in [5, 5.41) is 12.8. The Hall–Kier alpha value is -2.37. The molecule has 0 bridgehead atoms. The Kier molecular flexibility index (Phi) is 2.78. The molecular weight excluding hydrogens is 236 g/mol. The zero-order chi connectivity index (χ0) is 13.4. The summed E-state index contributed by atoms with van der Waals surface area (Å²) in [6, 6.07) is 1.29. The molecule has 0 unspecified atom stereocenters. The Labute approximate surface area is 102 Å². The number of rotatable bonds is 2. The number of carbonyl (C=O) groups is 1. The number of aromatic carboxylic acids is 1. The van der Waals surface area contributed by atoms with Crippen molar-refractivity contribution in [2.45, 2.75) is 20.8 Å². The van der Waals surface area contributed by atoms with Gasteiger partial charge in [-0.3, -0.25) is 4.79 Å². The smallest absolute Gasteiger partial charge is 0.341 e. The molecule has 0 amide bonds. The molecule has 0 aliphatic rings. The van der Waals surface area contributed by atoms with Crippen molar-refractivity contribution >= 4 is 5.97 Å². The summed E-state index contributed by atoms with van der Waals surface area (Å²) in [4.78, 5) is 22.5. The fraction of sp³-hybridized carbons (Fsp3) is 0.250. The molecule has 2 heterocycles. The molecule has 0 aromatic carbocycles. The van der Waals surface area contributed by atoms with Gasteiger partial charge >= 0.3 is 5.97 Å². The van der Waals surface area contributed by atoms with Crippen molar-refractivity contribution in [1.29, 1.82) is 0 Å². The van der Waals surface area contributed by atoms with Gasteiger partial charge in [0.05, 0.1) is 0 Å². The number of hydrogen-bond acceptors (Lipinski definition) is 4. The van der Waals surface area contributed by atoms with Gasteiger partial charge in [-0.2, -0.15) is 0 Å². The number of carboxylic acids is 1. The summed E-state index contributed by atoms with van der Waals surface area (Å²) in [7, 11) is 0. The van der Waals surface area contributed by atoms with E-state index in [2.05, 4.69) is 5.16 Å². The summed E-state index contributed by atoms with van der Waals surface area (Å²) >= 11 is 0. The summed E-state index contributed by atoms with van der Waals surface area (Å²) < 4.78 is 6.64. The molecule has 0 fully saturated rings. The maximum atomic E-state index is 11.5. The SMILES string of the molecule is Cc1noc(C)c1-n1cc(C(=O)O)c(=O)cc1C. The third-order valence-corrected chi connectivity index (χ3v) is 2.71. The molecule has 2 aromatic rings. The van der Waals surface area contributed by atoms with Crippen LogP contribution < -0.4 is 5.43 Å². The third-order valence-electron chi connectivity index (χ3n) is 2.71. The number of hydrogen-bond donors (Lipinski definition) is 1. The van der Waals surface area contributed by atoms with E-state index in [9.17, 15) is 9.59 Å². The molecule has 6 nitrogen and oxygen atoms in total. The highest BCUT2D eigenvalue weighted by Gasteiger charge is 2.16. The van der Waals surface area contributed by atoms with Crippen LogP contribution in [-0.4, -0.2) is 20.8 Å². The van der Waals surface area contributed by atoms with Crippen LogP contribution in [0.15, 0.2) is 21.6 Å². The van der Waals surface area contributed by atoms with Crippen molar-refractivity contribution in [3.63, 3.8) is 0 Å². The van der Waals surface area contributed by atoms with Crippen molar-refractivity contribution in [3.8, 4) is 5.69 Å². The Morgan fingerprint density at radius 3 is 2.56 bits per heavy atom. The van der Waals surface area contributed by atoms with Crippen molar-refractivity contribution in [3.05, 3.63) is 45.2 Å². The fourth-order valence-electron chi connectivity index (χ4n) is 1.86. The minimum Gasteiger partial charge on any atom is -0.477 e. The van der Waals surface area contributed by atoms with Gasteiger partial charge < -0.3 is 14.2 Å². The Morgan fingerprint density at radius 1 is 1.39 bits per heavy atom. The molecule has 0 radical (unpaired) electrons. The maximum absolute atomic E-state index is 11.5. The lowest BCUT2D eigenvalue weighted by molar-refractivity contribution is 0.0694. The van der Waals surface area contributed by atoms with Crippen LogP contribution in [-0.2, 0) is 0 Å². The monoisotopic (exact) mass is 248 g/mol. The van der Waals surface area contributed by atoms with E-state index in [0.29, 0.717) is 22.8 Å². The van der Waals surface area contributed by atoms with Gasteiger partial charge in [0.1, 0.15) is 16.9 Å². The molecule has 1 N–H and O–H groups in total. The average molecular weight is 248 g/mol. The van der Waals surface area contributed by atoms with Crippen LogP contribution in [0.3, 0.4) is 0 Å². The molecule has 2 aromatic heterocycles. The Bertz CT molecular complexity index is 662. The van der Waals surface area contributed by atoms with Crippen LogP contribution in [0.1, 0.15) is 27.5 Å². The second-order valence-corrected chi connectivity index (χ2v) is 4.04. The zero-order valence-corrected chi connectivity index (χ0v) is 10.2. The van der Waals surface area contributed by atoms with Crippen molar-refractivity contribution < 1.29 is 14.4 Å². The van der Waals surface area contributed by atoms with E-state index in [1.54, 1.807) is 25.3 Å². The number of aromatic nitrogens is 2. The summed E-state index contributed by atoms with van der Waals surface area (Å²) in [5.41, 5.74) is 1.13. The second kappa shape index (κ2) is 4.14. The first-order valence-corrected chi connectivity index (χ1v) is 5.31. The molecule has 0 atom stereocenters. The number of carboxylic acid groups (broad SMARTS) is 1. The maximum Gasteiger partial charge on any atom is 0.341 e. The lowest BCUT2D eigenvalue weighted by Crippen LogP contribution is -2.18. The van der Waals surface area contributed by atoms with Crippen LogP contribution in [0.2, 0.25) is 0 Å². The van der Waals surface area contributed by atoms with Crippen LogP contribution in [0, 0.1) is 20.8 Å². The average Bonchev–Trinajstić information content (AvgIpc) is 2.59. The largest absolute Gasteiger partial charge is 0.477 e. The van der Waals surface area contributed by atoms with E-state index in [-0.39, 0.29) is 5.56 Å². The molecule has 0 saturated heterocycles. The predicted octanol–water partition coefficient (Wildman–Crippen LogP) is 1.45. The highest BCUT2D eigenvalue weighted by molar-refractivity contribution is 5.87. The van der Waals surface area contributed by atoms with E-state index in [0.717, 1.165) is 0 Å². The van der Waals surface area contributed by atoms with Gasteiger partial charge in [0, 0.05) is 18.0 Å². The first kappa shape index (κ1) is 12.1. The summed E-state index contributed by atoms with van der Waals surface area (Å²) in [5.74, 6) is -0.684. The minimum absolute atomic E-state index is 0.277. The first-order valence-electron chi connectivity index (χ1n) is 5.31. The number of pyridine rings is 1. The van der Waals surface area contributed by atoms with Crippen molar-refractivity contribution in [1.82, 2.24) is 9.72 Å². The van der Waals surface area contributed by atoms with Gasteiger partial charge in [0.15, 0.2) is 11.2 Å². The lowest BCUT2D eigenvalue weighted by Gasteiger charge is -2.10. The fourth-order valence-corrected chi connectivity index (χ4v) is 1.86. The van der Waals surface area contributed by atoms with Gasteiger partial charge in [0.25, 0.3) is 0 Å². The molecular formula is C12H12N2O4. The Morgan fingerprint density at radius 2 is 2.06 bits per heavy atom. The Balaban J connectivity index is 2.76. The van der Waals surface area contributed by atoms with Crippen molar-refractivity contribution in [2.24, 2.45) is 0 Å². The zero-order valence-electron chi connectivity index (χ0n) is 10.2. The lowest BCUT2D eigenvalue weighted by atomic mass is 10.2. The first-order chi connectivity index (χ1) is 8.41. The van der Waals surface area contributed by atoms with E-state index in [1.165, 1.54) is 12.3 Å². The van der Waals surface area contributed by atoms with Gasteiger partial charge in [-0.25, -0.2) is 4.79 Å². The number of nitrogens with zero attached hydrogens (tertiary/aromatic N) is 2. The molecule has 0 saturated carbocycles. The van der Waals surface area contributed by atoms with E-state index < -0.39 is 11.4 Å². The highest BCUT2D eigenvalue weighted by Crippen LogP contribution is 2.19. The normalized spacial score (nSPS) is 10.6. The van der Waals surface area contributed by atoms with E-state index >= 15 is 0 Å². The standard InChI is InChI=1S/C12H12N2O4/c1-6-4-10(15)9(12(16)17)5-14(6)11-7(2)13-18-8(11)3/h4-5H,1-3H3,(H,16,17). The van der Waals surface area contributed by atoms with Crippen LogP contribution in [0.4, 0.5) is 0 Å². The van der Waals surface area contributed by atoms with Crippen LogP contribution in [0.5, 0.6) is 0 Å². The summed E-state index contributed by atoms with van der Waals surface area (Å²) in [6.45, 7) is 5.20. The van der Waals surface area contributed by atoms with Gasteiger partial charge in [0.2, 0.25) is 0 Å². The van der Waals surface area contributed by atoms with E-state index in [1.807, 2.05) is 0 Å². The predicted molar refractivity (Wildman–Crippen MR) is 63.3 cm³/mol. The van der Waals surface area contributed by atoms with Crippen LogP contribution in [0.25, 0.3) is 5.69 Å². The topological polar surface area (TPSA) is 85.3 Å². The molecule has 94 valence electrons. The second-order valence-electron chi connectivity index (χ2n) is 4.04. The van der Waals surface area contributed by atoms with Crippen LogP contribution >= 0.6 is 0 Å². The minimum atomic E-state index is -1.25. The molecule has 6 heteroatoms.